The van der Waals surface area contributed by atoms with Gasteiger partial charge in [0.15, 0.2) is 0 Å². The van der Waals surface area contributed by atoms with Crippen molar-refractivity contribution in [3.8, 4) is 0 Å². The zero-order valence-corrected chi connectivity index (χ0v) is 15.9. The van der Waals surface area contributed by atoms with Crippen molar-refractivity contribution in [3.05, 3.63) is 23.8 Å². The van der Waals surface area contributed by atoms with Gasteiger partial charge in [0.1, 0.15) is 6.04 Å². The highest BCUT2D eigenvalue weighted by Gasteiger charge is 2.23. The molecule has 1 fully saturated rings. The van der Waals surface area contributed by atoms with Gasteiger partial charge in [0.2, 0.25) is 11.8 Å². The number of anilines is 2. The molecule has 2 amide bonds. The fourth-order valence-corrected chi connectivity index (χ4v) is 3.11. The van der Waals surface area contributed by atoms with Gasteiger partial charge in [0, 0.05) is 44.5 Å². The number of carbonyl (C=O) groups excluding carboxylic acids is 2. The molecule has 0 spiro atoms. The smallest absolute Gasteiger partial charge is 0.247 e. The van der Waals surface area contributed by atoms with Crippen molar-refractivity contribution in [2.45, 2.75) is 33.7 Å². The molecule has 1 heterocycles. The molecule has 2 N–H and O–H groups in total. The van der Waals surface area contributed by atoms with Crippen molar-refractivity contribution >= 4 is 23.2 Å². The van der Waals surface area contributed by atoms with E-state index in [2.05, 4.69) is 40.5 Å². The molecule has 1 aromatic carbocycles. The zero-order valence-electron chi connectivity index (χ0n) is 15.9. The first kappa shape index (κ1) is 19.2. The Kier molecular flexibility index (Phi) is 6.42. The van der Waals surface area contributed by atoms with Crippen LogP contribution in [0.2, 0.25) is 0 Å². The topological polar surface area (TPSA) is 64.7 Å². The second kappa shape index (κ2) is 8.34. The summed E-state index contributed by atoms with van der Waals surface area (Å²) in [4.78, 5) is 28.5. The number of rotatable bonds is 5. The summed E-state index contributed by atoms with van der Waals surface area (Å²) >= 11 is 0. The van der Waals surface area contributed by atoms with E-state index in [1.54, 1.807) is 0 Å². The molecule has 25 heavy (non-hydrogen) atoms. The highest BCUT2D eigenvalue weighted by atomic mass is 16.2. The summed E-state index contributed by atoms with van der Waals surface area (Å²) in [6.07, 6.45) is 0. The molecule has 0 saturated carbocycles. The second-order valence-electron chi connectivity index (χ2n) is 7.20. The Hall–Kier alpha value is -2.08. The Morgan fingerprint density at radius 1 is 1.12 bits per heavy atom. The third-order valence-electron chi connectivity index (χ3n) is 4.62. The Morgan fingerprint density at radius 3 is 2.28 bits per heavy atom. The van der Waals surface area contributed by atoms with Crippen LogP contribution >= 0.6 is 0 Å². The fourth-order valence-electron chi connectivity index (χ4n) is 3.11. The molecule has 138 valence electrons. The molecule has 1 aliphatic rings. The van der Waals surface area contributed by atoms with Crippen LogP contribution in [0.3, 0.4) is 0 Å². The number of hydrogen-bond donors (Lipinski definition) is 2. The maximum Gasteiger partial charge on any atom is 0.247 e. The van der Waals surface area contributed by atoms with Gasteiger partial charge < -0.3 is 20.4 Å². The number of amides is 2. The first-order valence-corrected chi connectivity index (χ1v) is 8.90. The summed E-state index contributed by atoms with van der Waals surface area (Å²) in [5.41, 5.74) is 3.12. The molecule has 0 aromatic heterocycles. The van der Waals surface area contributed by atoms with Gasteiger partial charge in [-0.25, -0.2) is 0 Å². The number of piperazine rings is 1. The number of aryl methyl sites for hydroxylation is 1. The zero-order chi connectivity index (χ0) is 18.6. The molecular weight excluding hydrogens is 316 g/mol. The van der Waals surface area contributed by atoms with Gasteiger partial charge in [-0.2, -0.15) is 0 Å². The van der Waals surface area contributed by atoms with E-state index in [4.69, 9.17) is 0 Å². The molecule has 1 saturated heterocycles. The molecule has 6 heteroatoms. The lowest BCUT2D eigenvalue weighted by Gasteiger charge is -2.35. The first-order chi connectivity index (χ1) is 11.8. The van der Waals surface area contributed by atoms with Crippen LogP contribution in [0.15, 0.2) is 18.2 Å². The number of nitrogens with zero attached hydrogens (tertiary/aromatic N) is 2. The lowest BCUT2D eigenvalue weighted by atomic mass is 10.0. The van der Waals surface area contributed by atoms with Crippen LogP contribution in [0, 0.1) is 12.8 Å². The lowest BCUT2D eigenvalue weighted by molar-refractivity contribution is -0.126. The van der Waals surface area contributed by atoms with Crippen LogP contribution in [0.4, 0.5) is 11.4 Å². The van der Waals surface area contributed by atoms with Crippen LogP contribution in [0.25, 0.3) is 0 Å². The quantitative estimate of drug-likeness (QED) is 0.854. The number of carbonyl (C=O) groups is 2. The van der Waals surface area contributed by atoms with Crippen molar-refractivity contribution in [1.29, 1.82) is 0 Å². The number of benzene rings is 1. The Balaban J connectivity index is 2.06. The SMILES string of the molecule is CC(=O)NC(C(=O)Nc1ccc(N2CCN(C)CC2)c(C)c1)C(C)C. The van der Waals surface area contributed by atoms with Crippen LogP contribution in [0.1, 0.15) is 26.3 Å². The van der Waals surface area contributed by atoms with E-state index in [1.165, 1.54) is 12.6 Å². The largest absolute Gasteiger partial charge is 0.369 e. The number of nitrogens with one attached hydrogen (secondary N) is 2. The third kappa shape index (κ3) is 5.19. The minimum Gasteiger partial charge on any atom is -0.369 e. The molecule has 0 bridgehead atoms. The van der Waals surface area contributed by atoms with Gasteiger partial charge in [-0.15, -0.1) is 0 Å². The minimum absolute atomic E-state index is 0.0228. The summed E-state index contributed by atoms with van der Waals surface area (Å²) in [5, 5.41) is 5.64. The van der Waals surface area contributed by atoms with Crippen LogP contribution in [-0.4, -0.2) is 56.0 Å². The van der Waals surface area contributed by atoms with E-state index < -0.39 is 6.04 Å². The summed E-state index contributed by atoms with van der Waals surface area (Å²) in [5.74, 6) is -0.359. The van der Waals surface area contributed by atoms with E-state index in [1.807, 2.05) is 26.0 Å². The highest BCUT2D eigenvalue weighted by Crippen LogP contribution is 2.25. The van der Waals surface area contributed by atoms with E-state index in [9.17, 15) is 9.59 Å². The van der Waals surface area contributed by atoms with Crippen LogP contribution < -0.4 is 15.5 Å². The molecule has 1 atom stereocenters. The van der Waals surface area contributed by atoms with E-state index in [-0.39, 0.29) is 17.7 Å². The molecule has 0 radical (unpaired) electrons. The molecule has 6 nitrogen and oxygen atoms in total. The average Bonchev–Trinajstić information content (AvgIpc) is 2.53. The Morgan fingerprint density at radius 2 is 1.76 bits per heavy atom. The lowest BCUT2D eigenvalue weighted by Crippen LogP contribution is -2.46. The van der Waals surface area contributed by atoms with Crippen molar-refractivity contribution in [3.63, 3.8) is 0 Å². The predicted molar refractivity (Wildman–Crippen MR) is 102 cm³/mol. The first-order valence-electron chi connectivity index (χ1n) is 8.90. The summed E-state index contributed by atoms with van der Waals surface area (Å²) in [7, 11) is 2.14. The standard InChI is InChI=1S/C19H30N4O2/c1-13(2)18(20-15(4)24)19(25)21-16-6-7-17(14(3)12-16)23-10-8-22(5)9-11-23/h6-7,12-13,18H,8-11H2,1-5H3,(H,20,24)(H,21,25). The maximum atomic E-state index is 12.5. The van der Waals surface area contributed by atoms with Gasteiger partial charge in [0.05, 0.1) is 0 Å². The van der Waals surface area contributed by atoms with Gasteiger partial charge in [-0.3, -0.25) is 9.59 Å². The van der Waals surface area contributed by atoms with Gasteiger partial charge in [0.25, 0.3) is 0 Å². The average molecular weight is 346 g/mol. The fraction of sp³-hybridized carbons (Fsp3) is 0.579. The van der Waals surface area contributed by atoms with E-state index >= 15 is 0 Å². The molecule has 2 rings (SSSR count). The monoisotopic (exact) mass is 346 g/mol. The van der Waals surface area contributed by atoms with Gasteiger partial charge in [-0.05, 0) is 43.7 Å². The van der Waals surface area contributed by atoms with Crippen molar-refractivity contribution in [2.75, 3.05) is 43.4 Å². The predicted octanol–water partition coefficient (Wildman–Crippen LogP) is 1.85. The number of likely N-dealkylation sites (N-methyl/N-ethyl adjacent to an activating group) is 1. The third-order valence-corrected chi connectivity index (χ3v) is 4.62. The number of hydrogen-bond acceptors (Lipinski definition) is 4. The van der Waals surface area contributed by atoms with E-state index in [0.717, 1.165) is 37.4 Å². The molecule has 0 aliphatic carbocycles. The highest BCUT2D eigenvalue weighted by molar-refractivity contribution is 5.97. The Labute approximate surface area is 150 Å². The molecular formula is C19H30N4O2. The molecule has 1 aromatic rings. The summed E-state index contributed by atoms with van der Waals surface area (Å²) in [6, 6.07) is 5.47. The van der Waals surface area contributed by atoms with Crippen LogP contribution in [-0.2, 0) is 9.59 Å². The van der Waals surface area contributed by atoms with Crippen molar-refractivity contribution in [1.82, 2.24) is 10.2 Å². The van der Waals surface area contributed by atoms with Crippen molar-refractivity contribution < 1.29 is 9.59 Å². The summed E-state index contributed by atoms with van der Waals surface area (Å²) < 4.78 is 0. The van der Waals surface area contributed by atoms with Gasteiger partial charge in [-0.1, -0.05) is 13.8 Å². The Bertz CT molecular complexity index is 622. The minimum atomic E-state index is -0.532. The molecule has 1 aliphatic heterocycles. The van der Waals surface area contributed by atoms with Crippen molar-refractivity contribution in [2.24, 2.45) is 5.92 Å². The maximum absolute atomic E-state index is 12.5. The summed E-state index contributed by atoms with van der Waals surface area (Å²) in [6.45, 7) is 11.5. The second-order valence-corrected chi connectivity index (χ2v) is 7.20. The normalized spacial score (nSPS) is 16.6. The van der Waals surface area contributed by atoms with E-state index in [0.29, 0.717) is 0 Å². The van der Waals surface area contributed by atoms with Crippen LogP contribution in [0.5, 0.6) is 0 Å². The van der Waals surface area contributed by atoms with Gasteiger partial charge >= 0.3 is 0 Å². The molecule has 1 unspecified atom stereocenters.